The van der Waals surface area contributed by atoms with Crippen LogP contribution in [0.2, 0.25) is 0 Å². The number of ether oxygens (including phenoxy) is 1. The van der Waals surface area contributed by atoms with Crippen LogP contribution in [0.25, 0.3) is 11.0 Å². The lowest BCUT2D eigenvalue weighted by Gasteiger charge is -2.22. The van der Waals surface area contributed by atoms with Gasteiger partial charge in [0.15, 0.2) is 5.65 Å². The van der Waals surface area contributed by atoms with Crippen molar-refractivity contribution >= 4 is 22.8 Å². The summed E-state index contributed by atoms with van der Waals surface area (Å²) in [7, 11) is 0. The summed E-state index contributed by atoms with van der Waals surface area (Å²) < 4.78 is 5.52. The van der Waals surface area contributed by atoms with Crippen LogP contribution in [0.1, 0.15) is 26.2 Å². The van der Waals surface area contributed by atoms with Gasteiger partial charge in [-0.1, -0.05) is 6.92 Å². The number of nitrogens with one attached hydrogen (secondary N) is 3. The first-order valence-corrected chi connectivity index (χ1v) is 7.63. The second-order valence-corrected chi connectivity index (χ2v) is 5.42. The summed E-state index contributed by atoms with van der Waals surface area (Å²) >= 11 is 0. The van der Waals surface area contributed by atoms with Gasteiger partial charge in [0.2, 0.25) is 5.95 Å². The maximum atomic E-state index is 5.52. The van der Waals surface area contributed by atoms with Crippen molar-refractivity contribution in [2.24, 2.45) is 5.92 Å². The zero-order chi connectivity index (χ0) is 14.5. The summed E-state index contributed by atoms with van der Waals surface area (Å²) in [4.78, 5) is 8.98. The number of H-pyrrole nitrogens is 1. The summed E-state index contributed by atoms with van der Waals surface area (Å²) in [5.41, 5.74) is 0.756. The molecule has 114 valence electrons. The number of rotatable bonds is 6. The highest BCUT2D eigenvalue weighted by atomic mass is 16.5. The Bertz CT molecular complexity index is 578. The van der Waals surface area contributed by atoms with E-state index < -0.39 is 0 Å². The summed E-state index contributed by atoms with van der Waals surface area (Å²) in [6.07, 6.45) is 5.14. The number of hydrogen-bond acceptors (Lipinski definition) is 6. The molecule has 7 nitrogen and oxygen atoms in total. The van der Waals surface area contributed by atoms with Crippen molar-refractivity contribution in [2.75, 3.05) is 36.9 Å². The molecule has 0 saturated carbocycles. The highest BCUT2D eigenvalue weighted by Gasteiger charge is 2.15. The lowest BCUT2D eigenvalue weighted by Crippen LogP contribution is -2.24. The van der Waals surface area contributed by atoms with Gasteiger partial charge in [0.05, 0.1) is 18.2 Å². The van der Waals surface area contributed by atoms with Crippen LogP contribution in [0.15, 0.2) is 6.20 Å². The van der Waals surface area contributed by atoms with Crippen LogP contribution in [0, 0.1) is 5.92 Å². The third kappa shape index (κ3) is 3.41. The molecule has 7 heteroatoms. The van der Waals surface area contributed by atoms with Gasteiger partial charge in [0.1, 0.15) is 5.82 Å². The topological polar surface area (TPSA) is 87.8 Å². The van der Waals surface area contributed by atoms with Crippen molar-refractivity contribution in [1.29, 1.82) is 0 Å². The van der Waals surface area contributed by atoms with Crippen molar-refractivity contribution in [3.8, 4) is 0 Å². The Hall–Kier alpha value is -1.89. The monoisotopic (exact) mass is 290 g/mol. The fourth-order valence-electron chi connectivity index (χ4n) is 2.49. The van der Waals surface area contributed by atoms with Gasteiger partial charge in [0, 0.05) is 19.7 Å². The summed E-state index contributed by atoms with van der Waals surface area (Å²) in [6.45, 7) is 5.55. The molecule has 1 saturated heterocycles. The predicted octanol–water partition coefficient (Wildman–Crippen LogP) is 2.01. The molecule has 0 radical (unpaired) electrons. The van der Waals surface area contributed by atoms with Crippen molar-refractivity contribution in [3.63, 3.8) is 0 Å². The molecule has 0 aliphatic carbocycles. The first-order chi connectivity index (χ1) is 10.4. The van der Waals surface area contributed by atoms with Crippen molar-refractivity contribution in [1.82, 2.24) is 20.2 Å². The summed E-state index contributed by atoms with van der Waals surface area (Å²) in [6, 6.07) is 0. The van der Waals surface area contributed by atoms with E-state index in [1.165, 1.54) is 6.42 Å². The van der Waals surface area contributed by atoms with Crippen molar-refractivity contribution in [2.45, 2.75) is 26.2 Å². The van der Waals surface area contributed by atoms with E-state index >= 15 is 0 Å². The van der Waals surface area contributed by atoms with Crippen molar-refractivity contribution in [3.05, 3.63) is 6.20 Å². The van der Waals surface area contributed by atoms with Crippen LogP contribution in [0.5, 0.6) is 0 Å². The largest absolute Gasteiger partial charge is 0.381 e. The van der Waals surface area contributed by atoms with Gasteiger partial charge in [-0.2, -0.15) is 15.1 Å². The maximum Gasteiger partial charge on any atom is 0.226 e. The van der Waals surface area contributed by atoms with Crippen LogP contribution in [0.3, 0.4) is 0 Å². The van der Waals surface area contributed by atoms with Crippen molar-refractivity contribution < 1.29 is 4.74 Å². The van der Waals surface area contributed by atoms with Crippen LogP contribution in [-0.2, 0) is 4.74 Å². The van der Waals surface area contributed by atoms with E-state index in [2.05, 4.69) is 37.7 Å². The quantitative estimate of drug-likeness (QED) is 0.754. The highest BCUT2D eigenvalue weighted by molar-refractivity contribution is 5.86. The molecule has 0 aromatic carbocycles. The number of aromatic amines is 1. The SMILES string of the molecule is CCCNc1nc(NCC2CCCOC2)c2cn[nH]c2n1. The molecular weight excluding hydrogens is 268 g/mol. The van der Waals surface area contributed by atoms with E-state index in [4.69, 9.17) is 4.74 Å². The number of anilines is 2. The highest BCUT2D eigenvalue weighted by Crippen LogP contribution is 2.21. The third-order valence-corrected chi connectivity index (χ3v) is 3.66. The van der Waals surface area contributed by atoms with E-state index in [1.54, 1.807) is 6.20 Å². The molecule has 21 heavy (non-hydrogen) atoms. The van der Waals surface area contributed by atoms with E-state index in [1.807, 2.05) is 0 Å². The zero-order valence-electron chi connectivity index (χ0n) is 12.4. The molecule has 2 aromatic heterocycles. The molecule has 1 atom stereocenters. The average Bonchev–Trinajstić information content (AvgIpc) is 3.00. The van der Waals surface area contributed by atoms with Gasteiger partial charge in [-0.05, 0) is 25.2 Å². The molecule has 1 unspecified atom stereocenters. The Morgan fingerprint density at radius 1 is 1.38 bits per heavy atom. The van der Waals surface area contributed by atoms with Gasteiger partial charge < -0.3 is 15.4 Å². The van der Waals surface area contributed by atoms with Gasteiger partial charge in [-0.25, -0.2) is 0 Å². The minimum Gasteiger partial charge on any atom is -0.381 e. The Morgan fingerprint density at radius 2 is 2.33 bits per heavy atom. The minimum absolute atomic E-state index is 0.544. The van der Waals surface area contributed by atoms with Crippen LogP contribution in [0.4, 0.5) is 11.8 Å². The summed E-state index contributed by atoms with van der Waals surface area (Å²) in [5.74, 6) is 2.01. The molecule has 1 aliphatic rings. The molecular formula is C14H22N6O. The van der Waals surface area contributed by atoms with E-state index in [-0.39, 0.29) is 0 Å². The number of nitrogens with zero attached hydrogens (tertiary/aromatic N) is 3. The Balaban J connectivity index is 1.73. The van der Waals surface area contributed by atoms with E-state index in [0.717, 1.165) is 56.0 Å². The number of fused-ring (bicyclic) bond motifs is 1. The maximum absolute atomic E-state index is 5.52. The second kappa shape index (κ2) is 6.71. The van der Waals surface area contributed by atoms with Gasteiger partial charge in [-0.3, -0.25) is 5.10 Å². The molecule has 3 rings (SSSR count). The second-order valence-electron chi connectivity index (χ2n) is 5.42. The molecule has 0 bridgehead atoms. The molecule has 1 fully saturated rings. The molecule has 2 aromatic rings. The standard InChI is InChI=1S/C14H22N6O/c1-2-5-15-14-18-12(11-8-17-20-13(11)19-14)16-7-10-4-3-6-21-9-10/h8,10H,2-7,9H2,1H3,(H3,15,16,17,18,19,20). The number of aromatic nitrogens is 4. The normalized spacial score (nSPS) is 18.8. The molecule has 3 N–H and O–H groups in total. The first kappa shape index (κ1) is 14.1. The third-order valence-electron chi connectivity index (χ3n) is 3.66. The number of hydrogen-bond donors (Lipinski definition) is 3. The van der Waals surface area contributed by atoms with Crippen LogP contribution >= 0.6 is 0 Å². The molecule has 0 amide bonds. The van der Waals surface area contributed by atoms with Gasteiger partial charge >= 0.3 is 0 Å². The van der Waals surface area contributed by atoms with Crippen LogP contribution in [-0.4, -0.2) is 46.5 Å². The Kier molecular flexibility index (Phi) is 4.49. The fourth-order valence-corrected chi connectivity index (χ4v) is 2.49. The fraction of sp³-hybridized carbons (Fsp3) is 0.643. The summed E-state index contributed by atoms with van der Waals surface area (Å²) in [5, 5.41) is 14.5. The van der Waals surface area contributed by atoms with Crippen LogP contribution < -0.4 is 10.6 Å². The van der Waals surface area contributed by atoms with E-state index in [0.29, 0.717) is 11.9 Å². The molecule has 0 spiro atoms. The van der Waals surface area contributed by atoms with Gasteiger partial charge in [-0.15, -0.1) is 0 Å². The van der Waals surface area contributed by atoms with E-state index in [9.17, 15) is 0 Å². The lowest BCUT2D eigenvalue weighted by molar-refractivity contribution is 0.0595. The lowest BCUT2D eigenvalue weighted by atomic mass is 10.0. The molecule has 1 aliphatic heterocycles. The first-order valence-electron chi connectivity index (χ1n) is 7.63. The van der Waals surface area contributed by atoms with Gasteiger partial charge in [0.25, 0.3) is 0 Å². The Morgan fingerprint density at radius 3 is 3.14 bits per heavy atom. The minimum atomic E-state index is 0.544. The average molecular weight is 290 g/mol. The Labute approximate surface area is 123 Å². The predicted molar refractivity (Wildman–Crippen MR) is 82.5 cm³/mol. The zero-order valence-corrected chi connectivity index (χ0v) is 12.4. The molecule has 3 heterocycles. The smallest absolute Gasteiger partial charge is 0.226 e.